The van der Waals surface area contributed by atoms with Gasteiger partial charge >= 0.3 is 0 Å². The summed E-state index contributed by atoms with van der Waals surface area (Å²) in [6.45, 7) is 2.26. The first-order valence-corrected chi connectivity index (χ1v) is 8.39. The lowest BCUT2D eigenvalue weighted by Crippen LogP contribution is -2.17. The van der Waals surface area contributed by atoms with Gasteiger partial charge in [0.15, 0.2) is 0 Å². The molecular weight excluding hydrogens is 282 g/mol. The van der Waals surface area contributed by atoms with Gasteiger partial charge in [-0.05, 0) is 49.0 Å². The highest BCUT2D eigenvalue weighted by Gasteiger charge is 2.28. The van der Waals surface area contributed by atoms with Crippen LogP contribution in [-0.4, -0.2) is 16.4 Å². The van der Waals surface area contributed by atoms with Crippen molar-refractivity contribution in [1.82, 2.24) is 10.2 Å². The number of benzene rings is 1. The third kappa shape index (κ3) is 2.56. The average molecular weight is 303 g/mol. The zero-order chi connectivity index (χ0) is 15.6. The summed E-state index contributed by atoms with van der Waals surface area (Å²) in [5, 5.41) is 7.32. The van der Waals surface area contributed by atoms with Crippen molar-refractivity contribution in [2.75, 3.05) is 0 Å². The molecule has 0 spiro atoms. The molecule has 1 N–H and O–H groups in total. The summed E-state index contributed by atoms with van der Waals surface area (Å²) in [5.74, 6) is 0.949. The number of aromatic nitrogens is 2. The number of fused-ring (bicyclic) bond motifs is 2. The molecule has 0 fully saturated rings. The molecular formula is C20H21N3. The Hall–Kier alpha value is -2.42. The van der Waals surface area contributed by atoms with Crippen LogP contribution in [0.15, 0.2) is 53.2 Å². The number of nitrogens with one attached hydrogen (secondary N) is 1. The third-order valence-corrected chi connectivity index (χ3v) is 5.05. The molecule has 1 aliphatic heterocycles. The molecule has 4 rings (SSSR count). The van der Waals surface area contributed by atoms with Crippen LogP contribution in [0.2, 0.25) is 0 Å². The molecule has 1 aromatic heterocycles. The van der Waals surface area contributed by atoms with Gasteiger partial charge in [0.05, 0.1) is 17.6 Å². The fraction of sp³-hybridized carbons (Fsp3) is 0.300. The number of hydrogen-bond acceptors (Lipinski definition) is 2. The normalized spacial score (nSPS) is 26.4. The van der Waals surface area contributed by atoms with Gasteiger partial charge in [-0.25, -0.2) is 0 Å². The Kier molecular flexibility index (Phi) is 3.70. The van der Waals surface area contributed by atoms with E-state index in [-0.39, 0.29) is 0 Å². The number of aryl methyl sites for hydroxylation is 1. The molecule has 2 atom stereocenters. The van der Waals surface area contributed by atoms with Crippen LogP contribution in [0.5, 0.6) is 0 Å². The number of H-pyrrole nitrogens is 1. The van der Waals surface area contributed by atoms with Gasteiger partial charge in [0.25, 0.3) is 0 Å². The number of aliphatic imine (C=N–C) groups is 1. The summed E-state index contributed by atoms with van der Waals surface area (Å²) in [7, 11) is 0. The van der Waals surface area contributed by atoms with Crippen molar-refractivity contribution in [2.45, 2.75) is 32.1 Å². The maximum Gasteiger partial charge on any atom is 0.0661 e. The highest BCUT2D eigenvalue weighted by molar-refractivity contribution is 5.77. The summed E-state index contributed by atoms with van der Waals surface area (Å²) in [6, 6.07) is 8.45. The second kappa shape index (κ2) is 5.99. The van der Waals surface area contributed by atoms with E-state index in [4.69, 9.17) is 0 Å². The number of aromatic amines is 1. The first kappa shape index (κ1) is 14.2. The van der Waals surface area contributed by atoms with E-state index in [0.717, 1.165) is 24.9 Å². The van der Waals surface area contributed by atoms with Crippen LogP contribution in [-0.2, 0) is 6.42 Å². The Bertz CT molecular complexity index is 795. The van der Waals surface area contributed by atoms with E-state index in [1.807, 2.05) is 12.4 Å². The molecule has 3 nitrogen and oxygen atoms in total. The molecule has 2 unspecified atom stereocenters. The average Bonchev–Trinajstić information content (AvgIpc) is 3.04. The van der Waals surface area contributed by atoms with E-state index in [0.29, 0.717) is 11.8 Å². The van der Waals surface area contributed by atoms with Gasteiger partial charge in [0.2, 0.25) is 0 Å². The number of allylic oxidation sites excluding steroid dienone is 3. The fourth-order valence-electron chi connectivity index (χ4n) is 3.82. The van der Waals surface area contributed by atoms with E-state index >= 15 is 0 Å². The van der Waals surface area contributed by atoms with Crippen molar-refractivity contribution < 1.29 is 0 Å². The monoisotopic (exact) mass is 303 g/mol. The van der Waals surface area contributed by atoms with Crippen LogP contribution >= 0.6 is 0 Å². The van der Waals surface area contributed by atoms with Crippen LogP contribution in [0.1, 0.15) is 42.5 Å². The number of para-hydroxylation sites is 1. The molecule has 1 aliphatic carbocycles. The lowest BCUT2D eigenvalue weighted by atomic mass is 9.75. The lowest BCUT2D eigenvalue weighted by molar-refractivity contribution is 0.532. The molecule has 2 aliphatic rings. The van der Waals surface area contributed by atoms with Gasteiger partial charge in [-0.1, -0.05) is 36.8 Å². The Labute approximate surface area is 136 Å². The standard InChI is InChI=1S/C20H21N3/c1-2-16-17(9-10-20-18(16)13-22-23-20)14-7-8-15-5-3-4-6-19(15)21-12-11-14/h3-6,9-13,16-17H,2,7-8H2,1H3,(H,22,23)/b14-11+,21-12-. The quantitative estimate of drug-likeness (QED) is 0.849. The van der Waals surface area contributed by atoms with Crippen molar-refractivity contribution in [1.29, 1.82) is 0 Å². The Balaban J connectivity index is 1.66. The smallest absolute Gasteiger partial charge is 0.0661 e. The summed E-state index contributed by atoms with van der Waals surface area (Å²) in [4.78, 5) is 4.63. The highest BCUT2D eigenvalue weighted by Crippen LogP contribution is 2.41. The van der Waals surface area contributed by atoms with Crippen LogP contribution in [0.25, 0.3) is 6.08 Å². The zero-order valence-electron chi connectivity index (χ0n) is 13.4. The van der Waals surface area contributed by atoms with Crippen molar-refractivity contribution >= 4 is 18.0 Å². The molecule has 0 bridgehead atoms. The third-order valence-electron chi connectivity index (χ3n) is 5.05. The maximum absolute atomic E-state index is 4.63. The van der Waals surface area contributed by atoms with Gasteiger partial charge in [-0.2, -0.15) is 5.10 Å². The van der Waals surface area contributed by atoms with Gasteiger partial charge in [-0.15, -0.1) is 0 Å². The number of rotatable bonds is 2. The first-order chi connectivity index (χ1) is 11.4. The first-order valence-electron chi connectivity index (χ1n) is 8.39. The minimum Gasteiger partial charge on any atom is -0.278 e. The van der Waals surface area contributed by atoms with E-state index in [1.165, 1.54) is 22.4 Å². The molecule has 3 heteroatoms. The molecule has 2 aromatic rings. The second-order valence-corrected chi connectivity index (χ2v) is 6.29. The molecule has 1 aromatic carbocycles. The van der Waals surface area contributed by atoms with Crippen molar-refractivity contribution in [3.8, 4) is 0 Å². The van der Waals surface area contributed by atoms with Crippen LogP contribution in [0.3, 0.4) is 0 Å². The molecule has 23 heavy (non-hydrogen) atoms. The van der Waals surface area contributed by atoms with Crippen molar-refractivity contribution in [3.05, 3.63) is 65.0 Å². The molecule has 0 saturated carbocycles. The highest BCUT2D eigenvalue weighted by atomic mass is 15.1. The van der Waals surface area contributed by atoms with Crippen LogP contribution < -0.4 is 0 Å². The lowest BCUT2D eigenvalue weighted by Gasteiger charge is -2.29. The summed E-state index contributed by atoms with van der Waals surface area (Å²) in [6.07, 6.45) is 14.0. The van der Waals surface area contributed by atoms with E-state index in [9.17, 15) is 0 Å². The number of hydrogen-bond donors (Lipinski definition) is 1. The summed E-state index contributed by atoms with van der Waals surface area (Å²) in [5.41, 5.74) is 6.43. The Morgan fingerprint density at radius 3 is 3.04 bits per heavy atom. The topological polar surface area (TPSA) is 41.0 Å². The molecule has 0 amide bonds. The van der Waals surface area contributed by atoms with E-state index in [1.54, 1.807) is 0 Å². The summed E-state index contributed by atoms with van der Waals surface area (Å²) >= 11 is 0. The zero-order valence-corrected chi connectivity index (χ0v) is 13.4. The van der Waals surface area contributed by atoms with Gasteiger partial charge in [0.1, 0.15) is 0 Å². The molecule has 2 heterocycles. The molecule has 0 saturated heterocycles. The van der Waals surface area contributed by atoms with Crippen LogP contribution in [0.4, 0.5) is 5.69 Å². The predicted octanol–water partition coefficient (Wildman–Crippen LogP) is 4.82. The minimum absolute atomic E-state index is 0.446. The van der Waals surface area contributed by atoms with Crippen LogP contribution in [0, 0.1) is 5.92 Å². The van der Waals surface area contributed by atoms with Gasteiger partial charge in [-0.3, -0.25) is 10.1 Å². The van der Waals surface area contributed by atoms with E-state index in [2.05, 4.69) is 64.6 Å². The van der Waals surface area contributed by atoms with Gasteiger partial charge < -0.3 is 0 Å². The molecule has 0 radical (unpaired) electrons. The maximum atomic E-state index is 4.63. The fourth-order valence-corrected chi connectivity index (χ4v) is 3.82. The van der Waals surface area contributed by atoms with Gasteiger partial charge in [0, 0.05) is 17.7 Å². The largest absolute Gasteiger partial charge is 0.278 e. The second-order valence-electron chi connectivity index (χ2n) is 6.29. The summed E-state index contributed by atoms with van der Waals surface area (Å²) < 4.78 is 0. The number of nitrogens with zero attached hydrogens (tertiary/aromatic N) is 2. The van der Waals surface area contributed by atoms with Crippen molar-refractivity contribution in [2.24, 2.45) is 10.9 Å². The van der Waals surface area contributed by atoms with E-state index < -0.39 is 0 Å². The SMILES string of the molecule is CCC1c2cn[nH]c2C=CC1/C1=C/C=N\c2ccccc2CC1. The van der Waals surface area contributed by atoms with Crippen molar-refractivity contribution in [3.63, 3.8) is 0 Å². The molecule has 116 valence electrons. The Morgan fingerprint density at radius 1 is 1.22 bits per heavy atom. The minimum atomic E-state index is 0.446. The predicted molar refractivity (Wildman–Crippen MR) is 95.1 cm³/mol. The Morgan fingerprint density at radius 2 is 2.13 bits per heavy atom.